The summed E-state index contributed by atoms with van der Waals surface area (Å²) < 4.78 is 5.22. The molecule has 0 fully saturated rings. The van der Waals surface area contributed by atoms with Crippen LogP contribution in [-0.2, 0) is 6.54 Å². The van der Waals surface area contributed by atoms with Gasteiger partial charge in [-0.15, -0.1) is 0 Å². The first-order chi connectivity index (χ1) is 10.2. The van der Waals surface area contributed by atoms with Crippen LogP contribution in [0.25, 0.3) is 11.3 Å². The van der Waals surface area contributed by atoms with E-state index in [0.29, 0.717) is 12.4 Å². The fourth-order valence-electron chi connectivity index (χ4n) is 2.13. The lowest BCUT2D eigenvalue weighted by Gasteiger charge is -2.07. The van der Waals surface area contributed by atoms with Crippen molar-refractivity contribution in [1.82, 2.24) is 4.98 Å². The minimum absolute atomic E-state index is 0.283. The van der Waals surface area contributed by atoms with Gasteiger partial charge in [-0.25, -0.2) is 4.98 Å². The molecule has 4 nitrogen and oxygen atoms in total. The SMILES string of the molecule is Cc1nc(-c2ccc(NCc3cccc(O)c3)cc2)co1. The van der Waals surface area contributed by atoms with E-state index in [2.05, 4.69) is 10.3 Å². The molecule has 0 saturated carbocycles. The van der Waals surface area contributed by atoms with Gasteiger partial charge in [-0.05, 0) is 29.8 Å². The molecule has 0 aliphatic carbocycles. The lowest BCUT2D eigenvalue weighted by molar-refractivity contribution is 0.474. The zero-order chi connectivity index (χ0) is 14.7. The molecule has 0 atom stereocenters. The van der Waals surface area contributed by atoms with Crippen molar-refractivity contribution in [2.75, 3.05) is 5.32 Å². The van der Waals surface area contributed by atoms with Crippen LogP contribution < -0.4 is 5.32 Å². The van der Waals surface area contributed by atoms with Gasteiger partial charge in [0.15, 0.2) is 5.89 Å². The number of aryl methyl sites for hydroxylation is 1. The molecule has 1 aromatic heterocycles. The highest BCUT2D eigenvalue weighted by Gasteiger charge is 2.03. The Morgan fingerprint density at radius 2 is 1.95 bits per heavy atom. The Hall–Kier alpha value is -2.75. The first-order valence-corrected chi connectivity index (χ1v) is 6.75. The Morgan fingerprint density at radius 1 is 1.14 bits per heavy atom. The molecule has 0 saturated heterocycles. The molecule has 2 aromatic carbocycles. The predicted molar refractivity (Wildman–Crippen MR) is 82.1 cm³/mol. The minimum Gasteiger partial charge on any atom is -0.508 e. The number of rotatable bonds is 4. The molecule has 3 aromatic rings. The van der Waals surface area contributed by atoms with Crippen molar-refractivity contribution in [3.05, 3.63) is 66.2 Å². The monoisotopic (exact) mass is 280 g/mol. The van der Waals surface area contributed by atoms with Crippen molar-refractivity contribution in [2.24, 2.45) is 0 Å². The van der Waals surface area contributed by atoms with E-state index in [-0.39, 0.29) is 5.75 Å². The van der Waals surface area contributed by atoms with Crippen molar-refractivity contribution in [2.45, 2.75) is 13.5 Å². The summed E-state index contributed by atoms with van der Waals surface area (Å²) in [5, 5.41) is 12.7. The number of hydrogen-bond donors (Lipinski definition) is 2. The van der Waals surface area contributed by atoms with E-state index in [0.717, 1.165) is 22.5 Å². The maximum Gasteiger partial charge on any atom is 0.191 e. The second-order valence-corrected chi connectivity index (χ2v) is 4.85. The summed E-state index contributed by atoms with van der Waals surface area (Å²) in [4.78, 5) is 4.30. The zero-order valence-corrected chi connectivity index (χ0v) is 11.7. The molecule has 4 heteroatoms. The van der Waals surface area contributed by atoms with Gasteiger partial charge in [-0.3, -0.25) is 0 Å². The topological polar surface area (TPSA) is 58.3 Å². The third kappa shape index (κ3) is 3.23. The number of hydrogen-bond acceptors (Lipinski definition) is 4. The van der Waals surface area contributed by atoms with Gasteiger partial charge in [0.2, 0.25) is 0 Å². The van der Waals surface area contributed by atoms with E-state index in [9.17, 15) is 5.11 Å². The van der Waals surface area contributed by atoms with Crippen LogP contribution in [0.5, 0.6) is 5.75 Å². The number of oxazole rings is 1. The van der Waals surface area contributed by atoms with Crippen LogP contribution in [0.15, 0.2) is 59.2 Å². The van der Waals surface area contributed by atoms with E-state index >= 15 is 0 Å². The first kappa shape index (κ1) is 13.2. The second-order valence-electron chi connectivity index (χ2n) is 4.85. The molecule has 0 aliphatic rings. The molecule has 3 rings (SSSR count). The number of benzene rings is 2. The smallest absolute Gasteiger partial charge is 0.191 e. The summed E-state index contributed by atoms with van der Waals surface area (Å²) in [6, 6.07) is 15.2. The van der Waals surface area contributed by atoms with E-state index in [1.54, 1.807) is 18.4 Å². The number of aromatic hydroxyl groups is 1. The first-order valence-electron chi connectivity index (χ1n) is 6.75. The van der Waals surface area contributed by atoms with Gasteiger partial charge >= 0.3 is 0 Å². The fourth-order valence-corrected chi connectivity index (χ4v) is 2.13. The molecule has 2 N–H and O–H groups in total. The molecule has 0 unspecified atom stereocenters. The highest BCUT2D eigenvalue weighted by atomic mass is 16.3. The van der Waals surface area contributed by atoms with Gasteiger partial charge in [-0.1, -0.05) is 24.3 Å². The van der Waals surface area contributed by atoms with E-state index < -0.39 is 0 Å². The Morgan fingerprint density at radius 3 is 2.62 bits per heavy atom. The van der Waals surface area contributed by atoms with Gasteiger partial charge in [0.1, 0.15) is 17.7 Å². The fraction of sp³-hybridized carbons (Fsp3) is 0.118. The molecule has 21 heavy (non-hydrogen) atoms. The minimum atomic E-state index is 0.283. The van der Waals surface area contributed by atoms with E-state index in [1.165, 1.54) is 0 Å². The lowest BCUT2D eigenvalue weighted by atomic mass is 10.1. The van der Waals surface area contributed by atoms with Gasteiger partial charge in [-0.2, -0.15) is 0 Å². The van der Waals surface area contributed by atoms with Gasteiger partial charge in [0.25, 0.3) is 0 Å². The van der Waals surface area contributed by atoms with Crippen LogP contribution in [0, 0.1) is 6.92 Å². The molecule has 0 aliphatic heterocycles. The molecule has 0 spiro atoms. The van der Waals surface area contributed by atoms with Gasteiger partial charge in [0, 0.05) is 24.7 Å². The average molecular weight is 280 g/mol. The average Bonchev–Trinajstić information content (AvgIpc) is 2.92. The Labute approximate surface area is 123 Å². The number of phenolic OH excluding ortho intramolecular Hbond substituents is 1. The van der Waals surface area contributed by atoms with Crippen molar-refractivity contribution >= 4 is 5.69 Å². The number of nitrogens with one attached hydrogen (secondary N) is 1. The molecule has 0 radical (unpaired) electrons. The quantitative estimate of drug-likeness (QED) is 0.759. The summed E-state index contributed by atoms with van der Waals surface area (Å²) in [5.41, 5.74) is 3.91. The van der Waals surface area contributed by atoms with Gasteiger partial charge in [0.05, 0.1) is 0 Å². The number of phenols is 1. The van der Waals surface area contributed by atoms with E-state index in [1.807, 2.05) is 43.3 Å². The molecular formula is C17H16N2O2. The number of anilines is 1. The molecule has 0 bridgehead atoms. The lowest BCUT2D eigenvalue weighted by Crippen LogP contribution is -1.98. The molecule has 106 valence electrons. The number of nitrogens with zero attached hydrogens (tertiary/aromatic N) is 1. The van der Waals surface area contributed by atoms with Crippen molar-refractivity contribution in [3.8, 4) is 17.0 Å². The Balaban J connectivity index is 1.67. The third-order valence-corrected chi connectivity index (χ3v) is 3.21. The Bertz CT molecular complexity index is 733. The highest BCUT2D eigenvalue weighted by Crippen LogP contribution is 2.21. The maximum atomic E-state index is 9.43. The van der Waals surface area contributed by atoms with E-state index in [4.69, 9.17) is 4.42 Å². The molecule has 0 amide bonds. The normalized spacial score (nSPS) is 10.5. The largest absolute Gasteiger partial charge is 0.508 e. The second kappa shape index (κ2) is 5.71. The van der Waals surface area contributed by atoms with Crippen molar-refractivity contribution in [1.29, 1.82) is 0 Å². The van der Waals surface area contributed by atoms with Crippen LogP contribution >= 0.6 is 0 Å². The summed E-state index contributed by atoms with van der Waals surface area (Å²) in [6.45, 7) is 2.49. The van der Waals surface area contributed by atoms with Crippen LogP contribution in [0.4, 0.5) is 5.69 Å². The maximum absolute atomic E-state index is 9.43. The molecule has 1 heterocycles. The Kier molecular flexibility index (Phi) is 3.60. The standard InChI is InChI=1S/C17H16N2O2/c1-12-19-17(11-21-12)14-5-7-15(8-6-14)18-10-13-3-2-4-16(20)9-13/h2-9,11,18,20H,10H2,1H3. The van der Waals surface area contributed by atoms with Crippen molar-refractivity contribution < 1.29 is 9.52 Å². The van der Waals surface area contributed by atoms with Crippen LogP contribution in [-0.4, -0.2) is 10.1 Å². The summed E-state index contributed by atoms with van der Waals surface area (Å²) in [6.07, 6.45) is 1.66. The van der Waals surface area contributed by atoms with Gasteiger partial charge < -0.3 is 14.8 Å². The highest BCUT2D eigenvalue weighted by molar-refractivity contribution is 5.61. The molecular weight excluding hydrogens is 264 g/mol. The summed E-state index contributed by atoms with van der Waals surface area (Å²) in [7, 11) is 0. The zero-order valence-electron chi connectivity index (χ0n) is 11.7. The third-order valence-electron chi connectivity index (χ3n) is 3.21. The predicted octanol–water partition coefficient (Wildman–Crippen LogP) is 3.97. The summed E-state index contributed by atoms with van der Waals surface area (Å²) in [5.74, 6) is 0.946. The van der Waals surface area contributed by atoms with Crippen molar-refractivity contribution in [3.63, 3.8) is 0 Å². The van der Waals surface area contributed by atoms with Crippen LogP contribution in [0.1, 0.15) is 11.5 Å². The number of aromatic nitrogens is 1. The summed E-state index contributed by atoms with van der Waals surface area (Å²) >= 11 is 0. The van der Waals surface area contributed by atoms with Crippen LogP contribution in [0.2, 0.25) is 0 Å². The van der Waals surface area contributed by atoms with Crippen LogP contribution in [0.3, 0.4) is 0 Å².